The molecule has 0 amide bonds. The Kier molecular flexibility index (Phi) is 1.85. The summed E-state index contributed by atoms with van der Waals surface area (Å²) in [5, 5.41) is 0. The minimum absolute atomic E-state index is 0.532. The highest BCUT2D eigenvalue weighted by atomic mass is 14.7. The molecule has 0 aromatic carbocycles. The summed E-state index contributed by atoms with van der Waals surface area (Å²) in [5.41, 5.74) is 1.29. The highest BCUT2D eigenvalue weighted by Gasteiger charge is 2.68. The third-order valence-electron chi connectivity index (χ3n) is 6.65. The Balaban J connectivity index is 2.05. The Bertz CT molecular complexity index is 278. The predicted molar refractivity (Wildman–Crippen MR) is 64.4 cm³/mol. The molecule has 0 saturated heterocycles. The van der Waals surface area contributed by atoms with E-state index in [4.69, 9.17) is 0 Å². The fourth-order valence-corrected chi connectivity index (χ4v) is 5.45. The lowest BCUT2D eigenvalue weighted by Gasteiger charge is -2.46. The van der Waals surface area contributed by atoms with Crippen molar-refractivity contribution < 1.29 is 0 Å². The summed E-state index contributed by atoms with van der Waals surface area (Å²) in [7, 11) is 0. The third kappa shape index (κ3) is 1.02. The van der Waals surface area contributed by atoms with Gasteiger partial charge in [0.2, 0.25) is 0 Å². The first-order chi connectivity index (χ1) is 6.98. The molecule has 0 aromatic rings. The van der Waals surface area contributed by atoms with Crippen LogP contribution in [-0.2, 0) is 0 Å². The zero-order chi connectivity index (χ0) is 10.8. The Hall–Kier alpha value is -0.130. The molecule has 15 heavy (non-hydrogen) atoms. The van der Waals surface area contributed by atoms with Gasteiger partial charge in [0.05, 0.1) is 12.8 Å². The molecule has 3 saturated carbocycles. The van der Waals surface area contributed by atoms with E-state index in [0.717, 1.165) is 23.2 Å². The Morgan fingerprint density at radius 1 is 1.13 bits per heavy atom. The molecular weight excluding hydrogens is 180 g/mol. The molecule has 0 heteroatoms. The van der Waals surface area contributed by atoms with Crippen LogP contribution in [0.4, 0.5) is 0 Å². The van der Waals surface area contributed by atoms with Crippen LogP contribution in [0.15, 0.2) is 0 Å². The maximum Gasteiger partial charge on any atom is 0.108 e. The molecule has 84 valence electrons. The van der Waals surface area contributed by atoms with Gasteiger partial charge in [-0.25, -0.2) is 0 Å². The van der Waals surface area contributed by atoms with Crippen LogP contribution in [0, 0.1) is 34.5 Å². The highest BCUT2D eigenvalue weighted by Crippen LogP contribution is 2.71. The summed E-state index contributed by atoms with van der Waals surface area (Å²) in [6.45, 7) is 10.0. The van der Waals surface area contributed by atoms with Gasteiger partial charge in [-0.15, -0.1) is 0 Å². The van der Waals surface area contributed by atoms with Gasteiger partial charge >= 0.3 is 0 Å². The van der Waals surface area contributed by atoms with Crippen molar-refractivity contribution >= 4 is 0 Å². The Morgan fingerprint density at radius 2 is 1.87 bits per heavy atom. The highest BCUT2D eigenvalue weighted by molar-refractivity contribution is 5.21. The molecule has 0 aromatic heterocycles. The largest absolute Gasteiger partial charge is 0.108 e. The second-order valence-electron chi connectivity index (χ2n) is 7.11. The van der Waals surface area contributed by atoms with Gasteiger partial charge in [0.1, 0.15) is 11.3 Å². The van der Waals surface area contributed by atoms with E-state index < -0.39 is 0 Å². The van der Waals surface area contributed by atoms with E-state index in [1.165, 1.54) is 32.1 Å². The van der Waals surface area contributed by atoms with Crippen LogP contribution in [0.25, 0.3) is 0 Å². The first kappa shape index (κ1) is 10.1. The summed E-state index contributed by atoms with van der Waals surface area (Å²) >= 11 is 0. The lowest BCUT2D eigenvalue weighted by atomic mass is 9.52. The molecule has 0 unspecified atom stereocenters. The molecule has 3 aliphatic carbocycles. The molecule has 2 bridgehead atoms. The second-order valence-corrected chi connectivity index (χ2v) is 7.11. The quantitative estimate of drug-likeness (QED) is 0.512. The molecular formula is C15H25+. The number of fused-ring (bicyclic) bond motifs is 1. The van der Waals surface area contributed by atoms with Gasteiger partial charge in [0.25, 0.3) is 0 Å². The molecule has 1 spiro atoms. The van der Waals surface area contributed by atoms with E-state index in [9.17, 15) is 0 Å². The molecule has 0 radical (unpaired) electrons. The van der Waals surface area contributed by atoms with Gasteiger partial charge in [-0.05, 0) is 57.3 Å². The zero-order valence-corrected chi connectivity index (χ0v) is 10.8. The third-order valence-corrected chi connectivity index (χ3v) is 6.65. The van der Waals surface area contributed by atoms with Crippen LogP contribution >= 0.6 is 0 Å². The summed E-state index contributed by atoms with van der Waals surface area (Å²) < 4.78 is 0. The SMILES string of the molecule is C[C+]1[C@H]2CC[C@@]3(C2)[C@@H](C)CC[C@H]3C1(C)C. The zero-order valence-electron chi connectivity index (χ0n) is 10.8. The van der Waals surface area contributed by atoms with Crippen LogP contribution in [-0.4, -0.2) is 0 Å². The molecule has 3 aliphatic rings. The summed E-state index contributed by atoms with van der Waals surface area (Å²) in [4.78, 5) is 0. The minimum Gasteiger partial charge on any atom is -0.0620 e. The van der Waals surface area contributed by atoms with E-state index in [-0.39, 0.29) is 0 Å². The first-order valence-corrected chi connectivity index (χ1v) is 6.82. The molecule has 4 atom stereocenters. The van der Waals surface area contributed by atoms with Crippen molar-refractivity contribution in [2.24, 2.45) is 28.6 Å². The maximum absolute atomic E-state index is 2.53. The van der Waals surface area contributed by atoms with Crippen LogP contribution in [0.2, 0.25) is 0 Å². The average molecular weight is 205 g/mol. The lowest BCUT2D eigenvalue weighted by Crippen LogP contribution is -2.45. The summed E-state index contributed by atoms with van der Waals surface area (Å²) in [6, 6.07) is 0. The van der Waals surface area contributed by atoms with Crippen molar-refractivity contribution in [3.05, 3.63) is 5.92 Å². The van der Waals surface area contributed by atoms with Crippen molar-refractivity contribution in [3.8, 4) is 0 Å². The van der Waals surface area contributed by atoms with E-state index in [1.807, 2.05) is 5.92 Å². The van der Waals surface area contributed by atoms with Gasteiger partial charge < -0.3 is 0 Å². The van der Waals surface area contributed by atoms with Gasteiger partial charge in [-0.1, -0.05) is 6.92 Å². The maximum atomic E-state index is 2.53. The Labute approximate surface area is 94.8 Å². The summed E-state index contributed by atoms with van der Waals surface area (Å²) in [6.07, 6.45) is 7.56. The first-order valence-electron chi connectivity index (χ1n) is 6.82. The molecule has 3 rings (SSSR count). The predicted octanol–water partition coefficient (Wildman–Crippen LogP) is 4.45. The van der Waals surface area contributed by atoms with Crippen molar-refractivity contribution in [2.45, 2.75) is 59.8 Å². The van der Waals surface area contributed by atoms with Crippen LogP contribution in [0.3, 0.4) is 0 Å². The van der Waals surface area contributed by atoms with Gasteiger partial charge in [-0.3, -0.25) is 0 Å². The van der Waals surface area contributed by atoms with Crippen molar-refractivity contribution in [1.82, 2.24) is 0 Å². The normalized spacial score (nSPS) is 52.0. The molecule has 0 aliphatic heterocycles. The van der Waals surface area contributed by atoms with Gasteiger partial charge in [0.15, 0.2) is 0 Å². The Morgan fingerprint density at radius 3 is 2.60 bits per heavy atom. The van der Waals surface area contributed by atoms with Crippen molar-refractivity contribution in [2.75, 3.05) is 0 Å². The average Bonchev–Trinajstić information content (AvgIpc) is 2.71. The van der Waals surface area contributed by atoms with E-state index >= 15 is 0 Å². The molecule has 0 heterocycles. The van der Waals surface area contributed by atoms with Gasteiger partial charge in [-0.2, -0.15) is 0 Å². The van der Waals surface area contributed by atoms with E-state index in [2.05, 4.69) is 27.7 Å². The van der Waals surface area contributed by atoms with Crippen molar-refractivity contribution in [3.63, 3.8) is 0 Å². The number of hydrogen-bond acceptors (Lipinski definition) is 0. The van der Waals surface area contributed by atoms with E-state index in [0.29, 0.717) is 5.41 Å². The van der Waals surface area contributed by atoms with E-state index in [1.54, 1.807) is 0 Å². The molecule has 3 fully saturated rings. The second kappa shape index (κ2) is 2.76. The smallest absolute Gasteiger partial charge is 0.0620 e. The van der Waals surface area contributed by atoms with Crippen molar-refractivity contribution in [1.29, 1.82) is 0 Å². The lowest BCUT2D eigenvalue weighted by molar-refractivity contribution is 0.0221. The van der Waals surface area contributed by atoms with Crippen LogP contribution in [0.5, 0.6) is 0 Å². The topological polar surface area (TPSA) is 0 Å². The fraction of sp³-hybridized carbons (Fsp3) is 0.933. The standard InChI is InChI=1S/C15H25/c1-10-5-6-13-14(3,4)11(2)12-7-8-15(10,13)9-12/h10,12-13H,5-9H2,1-4H3/q+1/t10-,12-,13-,15+/m0/s1. The monoisotopic (exact) mass is 205 g/mol. The van der Waals surface area contributed by atoms with Crippen LogP contribution < -0.4 is 0 Å². The fourth-order valence-electron chi connectivity index (χ4n) is 5.45. The van der Waals surface area contributed by atoms with Crippen LogP contribution in [0.1, 0.15) is 59.8 Å². The molecule has 0 nitrogen and oxygen atoms in total. The van der Waals surface area contributed by atoms with Gasteiger partial charge in [0, 0.05) is 5.92 Å². The number of hydrogen-bond donors (Lipinski definition) is 0. The number of rotatable bonds is 0. The molecule has 0 N–H and O–H groups in total. The summed E-state index contributed by atoms with van der Waals surface area (Å²) in [5.74, 6) is 4.80. The minimum atomic E-state index is 0.532.